The Labute approximate surface area is 104 Å². The maximum Gasteiger partial charge on any atom is -0.0417 e. The lowest BCUT2D eigenvalue weighted by Gasteiger charge is -2.10. The molecule has 0 aliphatic rings. The standard InChI is InChI=1S/C16H33/c1-4-6-8-10-11-13-15-16(3)14-12-9-7-5-2/h5,16H,4,6-15H2,1-3H3. The second kappa shape index (κ2) is 13.1. The Morgan fingerprint density at radius 1 is 0.812 bits per heavy atom. The molecule has 0 aliphatic heterocycles. The van der Waals surface area contributed by atoms with E-state index in [1.807, 2.05) is 0 Å². The molecule has 0 fully saturated rings. The van der Waals surface area contributed by atoms with E-state index < -0.39 is 0 Å². The molecule has 1 atom stereocenters. The molecule has 0 nitrogen and oxygen atoms in total. The largest absolute Gasteiger partial charge is 0.0654 e. The number of hydrogen-bond acceptors (Lipinski definition) is 0. The topological polar surface area (TPSA) is 0 Å². The molecule has 0 N–H and O–H groups in total. The van der Waals surface area contributed by atoms with Crippen LogP contribution in [0.5, 0.6) is 0 Å². The maximum absolute atomic E-state index is 2.43. The molecule has 0 aromatic rings. The van der Waals surface area contributed by atoms with Crippen LogP contribution in [0.4, 0.5) is 0 Å². The highest BCUT2D eigenvalue weighted by Crippen LogP contribution is 2.17. The molecule has 1 unspecified atom stereocenters. The van der Waals surface area contributed by atoms with Crippen LogP contribution in [0, 0.1) is 12.3 Å². The van der Waals surface area contributed by atoms with Gasteiger partial charge >= 0.3 is 0 Å². The van der Waals surface area contributed by atoms with Gasteiger partial charge in [0, 0.05) is 0 Å². The SMILES string of the molecule is C[CH]CCCCC(C)CCCCCCCC. The van der Waals surface area contributed by atoms with Gasteiger partial charge in [0.05, 0.1) is 0 Å². The van der Waals surface area contributed by atoms with Gasteiger partial charge in [-0.15, -0.1) is 0 Å². The quantitative estimate of drug-likeness (QED) is 0.349. The lowest BCUT2D eigenvalue weighted by atomic mass is 9.96. The number of unbranched alkanes of at least 4 members (excludes halogenated alkanes) is 8. The Balaban J connectivity index is 3.08. The van der Waals surface area contributed by atoms with Crippen molar-refractivity contribution < 1.29 is 0 Å². The third-order valence-corrected chi connectivity index (χ3v) is 3.49. The molecule has 0 rings (SSSR count). The monoisotopic (exact) mass is 225 g/mol. The Hall–Kier alpha value is 0. The van der Waals surface area contributed by atoms with Gasteiger partial charge in [0.25, 0.3) is 0 Å². The van der Waals surface area contributed by atoms with Crippen molar-refractivity contribution in [2.24, 2.45) is 5.92 Å². The fraction of sp³-hybridized carbons (Fsp3) is 0.938. The predicted molar refractivity (Wildman–Crippen MR) is 75.6 cm³/mol. The van der Waals surface area contributed by atoms with E-state index in [9.17, 15) is 0 Å². The molecule has 0 spiro atoms. The van der Waals surface area contributed by atoms with E-state index in [-0.39, 0.29) is 0 Å². The zero-order valence-electron chi connectivity index (χ0n) is 11.9. The van der Waals surface area contributed by atoms with Gasteiger partial charge in [0.2, 0.25) is 0 Å². The summed E-state index contributed by atoms with van der Waals surface area (Å²) in [6.45, 7) is 6.89. The zero-order valence-corrected chi connectivity index (χ0v) is 11.9. The summed E-state index contributed by atoms with van der Waals surface area (Å²) in [5.74, 6) is 0.961. The van der Waals surface area contributed by atoms with Crippen molar-refractivity contribution in [3.8, 4) is 0 Å². The molecule has 1 radical (unpaired) electrons. The molecule has 0 saturated carbocycles. The van der Waals surface area contributed by atoms with Gasteiger partial charge in [-0.2, -0.15) is 0 Å². The van der Waals surface area contributed by atoms with Gasteiger partial charge < -0.3 is 0 Å². The van der Waals surface area contributed by atoms with Crippen LogP contribution in [0.3, 0.4) is 0 Å². The Morgan fingerprint density at radius 3 is 2.00 bits per heavy atom. The Bertz CT molecular complexity index is 117. The van der Waals surface area contributed by atoms with Crippen molar-refractivity contribution in [3.63, 3.8) is 0 Å². The first kappa shape index (κ1) is 16.0. The minimum Gasteiger partial charge on any atom is -0.0654 e. The van der Waals surface area contributed by atoms with Crippen LogP contribution >= 0.6 is 0 Å². The summed E-state index contributed by atoms with van der Waals surface area (Å²) < 4.78 is 0. The molecular formula is C16H33. The highest BCUT2D eigenvalue weighted by Gasteiger charge is 2.01. The molecule has 97 valence electrons. The molecule has 0 saturated heterocycles. The zero-order chi connectivity index (χ0) is 12.1. The van der Waals surface area contributed by atoms with E-state index in [2.05, 4.69) is 27.2 Å². The summed E-state index contributed by atoms with van der Waals surface area (Å²) >= 11 is 0. The maximum atomic E-state index is 2.43. The van der Waals surface area contributed by atoms with Crippen molar-refractivity contribution in [2.45, 2.75) is 91.4 Å². The average Bonchev–Trinajstić information content (AvgIpc) is 2.29. The van der Waals surface area contributed by atoms with Crippen LogP contribution in [0.1, 0.15) is 91.4 Å². The van der Waals surface area contributed by atoms with Crippen molar-refractivity contribution in [1.29, 1.82) is 0 Å². The second-order valence-corrected chi connectivity index (χ2v) is 5.35. The van der Waals surface area contributed by atoms with Crippen LogP contribution in [0.15, 0.2) is 0 Å². The summed E-state index contributed by atoms with van der Waals surface area (Å²) in [7, 11) is 0. The minimum absolute atomic E-state index is 0.961. The summed E-state index contributed by atoms with van der Waals surface area (Å²) in [6.07, 6.45) is 18.0. The number of hydrogen-bond donors (Lipinski definition) is 0. The molecule has 0 amide bonds. The summed E-state index contributed by atoms with van der Waals surface area (Å²) in [5.41, 5.74) is 0. The third-order valence-electron chi connectivity index (χ3n) is 3.49. The first-order chi connectivity index (χ1) is 7.81. The molecular weight excluding hydrogens is 192 g/mol. The molecule has 16 heavy (non-hydrogen) atoms. The van der Waals surface area contributed by atoms with Gasteiger partial charge in [-0.3, -0.25) is 0 Å². The van der Waals surface area contributed by atoms with Crippen molar-refractivity contribution in [2.75, 3.05) is 0 Å². The average molecular weight is 225 g/mol. The van der Waals surface area contributed by atoms with Crippen molar-refractivity contribution in [3.05, 3.63) is 6.42 Å². The molecule has 0 aromatic carbocycles. The van der Waals surface area contributed by atoms with Crippen molar-refractivity contribution >= 4 is 0 Å². The van der Waals surface area contributed by atoms with Crippen molar-refractivity contribution in [1.82, 2.24) is 0 Å². The van der Waals surface area contributed by atoms with Gasteiger partial charge in [0.1, 0.15) is 0 Å². The Kier molecular flexibility index (Phi) is 13.1. The molecule has 0 heterocycles. The Morgan fingerprint density at radius 2 is 1.38 bits per heavy atom. The fourth-order valence-electron chi connectivity index (χ4n) is 2.26. The highest BCUT2D eigenvalue weighted by atomic mass is 14.1. The van der Waals surface area contributed by atoms with Crippen LogP contribution in [0.2, 0.25) is 0 Å². The normalized spacial score (nSPS) is 12.9. The summed E-state index contributed by atoms with van der Waals surface area (Å²) in [6, 6.07) is 0. The van der Waals surface area contributed by atoms with Gasteiger partial charge in [-0.1, -0.05) is 91.4 Å². The fourth-order valence-corrected chi connectivity index (χ4v) is 2.26. The minimum atomic E-state index is 0.961. The first-order valence-electron chi connectivity index (χ1n) is 7.59. The summed E-state index contributed by atoms with van der Waals surface area (Å²) in [4.78, 5) is 0. The van der Waals surface area contributed by atoms with Crippen LogP contribution < -0.4 is 0 Å². The van der Waals surface area contributed by atoms with Crippen LogP contribution in [-0.4, -0.2) is 0 Å². The van der Waals surface area contributed by atoms with Crippen LogP contribution in [-0.2, 0) is 0 Å². The third kappa shape index (κ3) is 12.1. The van der Waals surface area contributed by atoms with E-state index in [4.69, 9.17) is 0 Å². The summed E-state index contributed by atoms with van der Waals surface area (Å²) in [5, 5.41) is 0. The van der Waals surface area contributed by atoms with E-state index in [0.717, 1.165) is 5.92 Å². The number of rotatable bonds is 12. The lowest BCUT2D eigenvalue weighted by molar-refractivity contribution is 0.437. The van der Waals surface area contributed by atoms with Gasteiger partial charge in [-0.25, -0.2) is 0 Å². The molecule has 0 aromatic heterocycles. The van der Waals surface area contributed by atoms with Gasteiger partial charge in [-0.05, 0) is 12.3 Å². The van der Waals surface area contributed by atoms with E-state index in [1.54, 1.807) is 0 Å². The second-order valence-electron chi connectivity index (χ2n) is 5.35. The predicted octanol–water partition coefficient (Wildman–Crippen LogP) is 6.16. The van der Waals surface area contributed by atoms with Gasteiger partial charge in [0.15, 0.2) is 0 Å². The van der Waals surface area contributed by atoms with Crippen LogP contribution in [0.25, 0.3) is 0 Å². The van der Waals surface area contributed by atoms with E-state index in [0.29, 0.717) is 0 Å². The molecule has 0 aliphatic carbocycles. The highest BCUT2D eigenvalue weighted by molar-refractivity contribution is 4.59. The lowest BCUT2D eigenvalue weighted by Crippen LogP contribution is -1.95. The van der Waals surface area contributed by atoms with E-state index >= 15 is 0 Å². The molecule has 0 bridgehead atoms. The molecule has 0 heteroatoms. The first-order valence-corrected chi connectivity index (χ1v) is 7.59. The smallest absolute Gasteiger partial charge is 0.0417 e. The van der Waals surface area contributed by atoms with E-state index in [1.165, 1.54) is 70.6 Å².